The summed E-state index contributed by atoms with van der Waals surface area (Å²) in [7, 11) is 0. The number of hydrogen-bond acceptors (Lipinski definition) is 4. The van der Waals surface area contributed by atoms with Gasteiger partial charge in [0.05, 0.1) is 0 Å². The molecule has 1 aliphatic rings. The molecule has 31 heavy (non-hydrogen) atoms. The Kier molecular flexibility index (Phi) is 8.77. The average Bonchev–Trinajstić information content (AvgIpc) is 3.53. The molecule has 3 aromatic rings. The van der Waals surface area contributed by atoms with Gasteiger partial charge in [-0.05, 0) is 0 Å². The molecule has 0 heterocycles. The largest absolute Gasteiger partial charge is 0.504 e. The summed E-state index contributed by atoms with van der Waals surface area (Å²) in [6.45, 7) is 0. The van der Waals surface area contributed by atoms with Crippen molar-refractivity contribution in [3.8, 4) is 0 Å². The summed E-state index contributed by atoms with van der Waals surface area (Å²) in [4.78, 5) is 37.2. The van der Waals surface area contributed by atoms with Crippen LogP contribution in [0, 0.1) is 0 Å². The van der Waals surface area contributed by atoms with Crippen LogP contribution in [0.4, 0.5) is 0 Å². The van der Waals surface area contributed by atoms with Gasteiger partial charge in [0.2, 0.25) is 17.3 Å². The zero-order valence-electron chi connectivity index (χ0n) is 16.4. The molecule has 0 aliphatic heterocycles. The van der Waals surface area contributed by atoms with Crippen LogP contribution in [0.25, 0.3) is 0 Å². The number of carbonyl (C=O) groups excluding carboxylic acids is 3. The first kappa shape index (κ1) is 23.6. The van der Waals surface area contributed by atoms with E-state index in [9.17, 15) is 19.5 Å². The van der Waals surface area contributed by atoms with Crippen molar-refractivity contribution in [3.63, 3.8) is 0 Å². The quantitative estimate of drug-likeness (QED) is 0.148. The molecule has 0 saturated carbocycles. The molecule has 0 bridgehead atoms. The Labute approximate surface area is 191 Å². The van der Waals surface area contributed by atoms with Crippen molar-refractivity contribution < 1.29 is 36.6 Å². The van der Waals surface area contributed by atoms with Gasteiger partial charge in [-0.1, -0.05) is 78.9 Å². The zero-order chi connectivity index (χ0) is 21.3. The van der Waals surface area contributed by atoms with Crippen LogP contribution in [-0.2, 0) is 21.9 Å². The van der Waals surface area contributed by atoms with Crippen LogP contribution in [0.15, 0.2) is 126 Å². The van der Waals surface area contributed by atoms with E-state index in [0.717, 1.165) is 0 Å². The van der Waals surface area contributed by atoms with E-state index in [1.165, 1.54) is 18.2 Å². The zero-order valence-corrected chi connectivity index (χ0v) is 17.5. The Morgan fingerprint density at radius 3 is 1.68 bits per heavy atom. The molecule has 5 heteroatoms. The molecule has 0 aromatic heterocycles. The van der Waals surface area contributed by atoms with Gasteiger partial charge in [-0.2, -0.15) is 18.2 Å². The smallest absolute Gasteiger partial charge is 0.234 e. The van der Waals surface area contributed by atoms with Crippen molar-refractivity contribution >= 4 is 17.3 Å². The van der Waals surface area contributed by atoms with Crippen LogP contribution in [-0.4, -0.2) is 22.5 Å². The number of Topliss-reactive ketones (excluding diaryl/α,β-unsaturated/α-hetero) is 3. The third kappa shape index (κ3) is 5.92. The minimum absolute atomic E-state index is 0. The fraction of sp³-hybridized carbons (Fsp3) is 0. The number of hydrogen-bond donors (Lipinski definition) is 1. The first-order valence-electron chi connectivity index (χ1n) is 9.32. The van der Waals surface area contributed by atoms with Gasteiger partial charge in [-0.15, -0.1) is 0 Å². The predicted octanol–water partition coefficient (Wildman–Crippen LogP) is 5.03. The van der Waals surface area contributed by atoms with Crippen molar-refractivity contribution in [2.45, 2.75) is 0 Å². The minimum Gasteiger partial charge on any atom is -0.504 e. The molecule has 0 spiro atoms. The molecule has 0 unspecified atom stereocenters. The van der Waals surface area contributed by atoms with Gasteiger partial charge in [-0.3, -0.25) is 14.4 Å². The van der Waals surface area contributed by atoms with E-state index in [0.29, 0.717) is 5.56 Å². The molecule has 0 atom stereocenters. The first-order valence-corrected chi connectivity index (χ1v) is 9.32. The monoisotopic (exact) mass is 451 g/mol. The minimum atomic E-state index is -0.765. The van der Waals surface area contributed by atoms with E-state index in [1.807, 2.05) is 30.3 Å². The third-order valence-corrected chi connectivity index (χ3v) is 4.36. The van der Waals surface area contributed by atoms with E-state index in [2.05, 4.69) is 0 Å². The van der Waals surface area contributed by atoms with E-state index >= 15 is 0 Å². The topological polar surface area (TPSA) is 71.4 Å². The van der Waals surface area contributed by atoms with Crippen LogP contribution >= 0.6 is 0 Å². The van der Waals surface area contributed by atoms with Crippen LogP contribution in [0.2, 0.25) is 0 Å². The Morgan fingerprint density at radius 1 is 0.677 bits per heavy atom. The van der Waals surface area contributed by atoms with Crippen LogP contribution in [0.5, 0.6) is 0 Å². The maximum atomic E-state index is 12.5. The van der Waals surface area contributed by atoms with Gasteiger partial charge in [0.1, 0.15) is 0 Å². The number of carbonyl (C=O) groups is 3. The van der Waals surface area contributed by atoms with Crippen molar-refractivity contribution in [1.82, 2.24) is 0 Å². The fourth-order valence-electron chi connectivity index (χ4n) is 2.84. The standard InChI is InChI=1S/C21H14O4.C5H5.Fe/c22-18(14-8-3-1-4-9-14)20(24)16-12-7-13-17(16)21(25)19(23)15-10-5-2-6-11-15;1-2-4-5-3-1;/h1-13,24H;1-5H;/q;-1;/b20-16-;;. The van der Waals surface area contributed by atoms with Gasteiger partial charge in [0, 0.05) is 39.3 Å². The van der Waals surface area contributed by atoms with E-state index in [1.54, 1.807) is 60.7 Å². The number of ketones is 3. The Bertz CT molecular complexity index is 1110. The van der Waals surface area contributed by atoms with E-state index < -0.39 is 23.1 Å². The fourth-order valence-corrected chi connectivity index (χ4v) is 2.84. The molecule has 0 amide bonds. The second-order valence-electron chi connectivity index (χ2n) is 6.38. The van der Waals surface area contributed by atoms with Crippen molar-refractivity contribution in [1.29, 1.82) is 0 Å². The van der Waals surface area contributed by atoms with Gasteiger partial charge >= 0.3 is 0 Å². The summed E-state index contributed by atoms with van der Waals surface area (Å²) < 4.78 is 0. The summed E-state index contributed by atoms with van der Waals surface area (Å²) >= 11 is 0. The van der Waals surface area contributed by atoms with Crippen molar-refractivity contribution in [3.05, 3.63) is 137 Å². The average molecular weight is 451 g/mol. The predicted molar refractivity (Wildman–Crippen MR) is 115 cm³/mol. The second kappa shape index (κ2) is 11.5. The molecule has 4 rings (SSSR count). The molecule has 0 radical (unpaired) electrons. The summed E-state index contributed by atoms with van der Waals surface area (Å²) in [5, 5.41) is 10.3. The van der Waals surface area contributed by atoms with E-state index in [4.69, 9.17) is 0 Å². The van der Waals surface area contributed by atoms with Gasteiger partial charge in [0.25, 0.3) is 0 Å². The van der Waals surface area contributed by atoms with Crippen molar-refractivity contribution in [2.24, 2.45) is 0 Å². The SMILES string of the molecule is O=C(C(=O)c1ccccc1)C1=CC=C/C1=C(/O)C(=O)c1ccccc1.[Fe].c1cc[cH-]c1. The Balaban J connectivity index is 0.000000501. The molecule has 4 nitrogen and oxygen atoms in total. The molecular weight excluding hydrogens is 432 g/mol. The summed E-state index contributed by atoms with van der Waals surface area (Å²) in [6, 6.07) is 26.4. The first-order chi connectivity index (χ1) is 14.6. The van der Waals surface area contributed by atoms with Gasteiger partial charge < -0.3 is 5.11 Å². The third-order valence-electron chi connectivity index (χ3n) is 4.36. The van der Waals surface area contributed by atoms with Gasteiger partial charge in [0.15, 0.2) is 5.76 Å². The Morgan fingerprint density at radius 2 is 1.19 bits per heavy atom. The molecule has 1 N–H and O–H groups in total. The number of allylic oxidation sites excluding steroid dienone is 6. The maximum absolute atomic E-state index is 12.5. The summed E-state index contributed by atoms with van der Waals surface area (Å²) in [6.07, 6.45) is 4.39. The normalized spacial score (nSPS) is 13.2. The molecule has 0 saturated heterocycles. The molecule has 156 valence electrons. The summed E-state index contributed by atoms with van der Waals surface area (Å²) in [5.74, 6) is -2.61. The molecule has 1 aliphatic carbocycles. The van der Waals surface area contributed by atoms with E-state index in [-0.39, 0.29) is 33.8 Å². The van der Waals surface area contributed by atoms with Crippen LogP contribution < -0.4 is 0 Å². The second-order valence-corrected chi connectivity index (χ2v) is 6.38. The molecule has 0 fully saturated rings. The number of aliphatic hydroxyl groups excluding tert-OH is 1. The number of aliphatic hydroxyl groups is 1. The van der Waals surface area contributed by atoms with Gasteiger partial charge in [-0.25, -0.2) is 12.1 Å². The van der Waals surface area contributed by atoms with Crippen molar-refractivity contribution in [2.75, 3.05) is 0 Å². The molecule has 3 aromatic carbocycles. The number of rotatable bonds is 5. The maximum Gasteiger partial charge on any atom is 0.234 e. The summed E-state index contributed by atoms with van der Waals surface area (Å²) in [5.41, 5.74) is 0.626. The Hall–Kier alpha value is -3.66. The molecular formula is C26H19FeO4-. The van der Waals surface area contributed by atoms with Crippen LogP contribution in [0.1, 0.15) is 20.7 Å². The van der Waals surface area contributed by atoms with Crippen LogP contribution in [0.3, 0.4) is 0 Å². The number of benzene rings is 2.